The number of halogens is 3. The molecule has 3 N–H and O–H groups in total. The number of carbonyl (C=O) groups excluding carboxylic acids is 1. The smallest absolute Gasteiger partial charge is 0.398 e. The highest BCUT2D eigenvalue weighted by Gasteiger charge is 2.30. The topological polar surface area (TPSA) is 76.2 Å². The second kappa shape index (κ2) is 8.33. The van der Waals surface area contributed by atoms with Gasteiger partial charge in [0.15, 0.2) is 5.82 Å². The van der Waals surface area contributed by atoms with Gasteiger partial charge in [-0.1, -0.05) is 6.07 Å². The highest BCUT2D eigenvalue weighted by molar-refractivity contribution is 6.08. The van der Waals surface area contributed by atoms with Crippen molar-refractivity contribution < 1.29 is 18.0 Å². The van der Waals surface area contributed by atoms with Gasteiger partial charge in [0.25, 0.3) is 5.91 Å². The van der Waals surface area contributed by atoms with Crippen LogP contribution in [-0.2, 0) is 6.18 Å². The summed E-state index contributed by atoms with van der Waals surface area (Å²) in [5.41, 5.74) is 7.10. The molecule has 162 valence electrons. The predicted octanol–water partition coefficient (Wildman–Crippen LogP) is 4.72. The molecule has 1 aromatic heterocycles. The van der Waals surface area contributed by atoms with Gasteiger partial charge in [-0.25, -0.2) is 4.68 Å². The summed E-state index contributed by atoms with van der Waals surface area (Å²) in [4.78, 5) is 15.0. The van der Waals surface area contributed by atoms with Crippen LogP contribution in [0.1, 0.15) is 35.2 Å². The van der Waals surface area contributed by atoms with E-state index in [2.05, 4.69) is 15.3 Å². The average Bonchev–Trinajstić information content (AvgIpc) is 3.22. The quantitative estimate of drug-likeness (QED) is 0.589. The lowest BCUT2D eigenvalue weighted by Gasteiger charge is -2.29. The predicted molar refractivity (Wildman–Crippen MR) is 113 cm³/mol. The van der Waals surface area contributed by atoms with Gasteiger partial charge in [-0.15, -0.1) is 0 Å². The van der Waals surface area contributed by atoms with Gasteiger partial charge >= 0.3 is 6.18 Å². The number of piperidine rings is 1. The van der Waals surface area contributed by atoms with E-state index in [0.717, 1.165) is 43.8 Å². The molecule has 4 rings (SSSR count). The fourth-order valence-electron chi connectivity index (χ4n) is 3.63. The molecular weight excluding hydrogens is 407 g/mol. The number of nitrogens with zero attached hydrogens (tertiary/aromatic N) is 3. The van der Waals surface area contributed by atoms with Crippen molar-refractivity contribution in [1.29, 1.82) is 0 Å². The van der Waals surface area contributed by atoms with E-state index in [1.54, 1.807) is 12.1 Å². The number of anilines is 3. The van der Waals surface area contributed by atoms with E-state index in [4.69, 9.17) is 5.73 Å². The van der Waals surface area contributed by atoms with Crippen molar-refractivity contribution in [3.63, 3.8) is 0 Å². The van der Waals surface area contributed by atoms with E-state index in [1.165, 1.54) is 35.5 Å². The minimum Gasteiger partial charge on any atom is -0.398 e. The number of benzene rings is 2. The van der Waals surface area contributed by atoms with Gasteiger partial charge in [0.1, 0.15) is 0 Å². The molecule has 1 amide bonds. The molecule has 2 aromatic carbocycles. The maximum absolute atomic E-state index is 13.0. The number of amides is 1. The van der Waals surface area contributed by atoms with Gasteiger partial charge in [-0.2, -0.15) is 18.3 Å². The van der Waals surface area contributed by atoms with Gasteiger partial charge in [-0.05, 0) is 55.7 Å². The van der Waals surface area contributed by atoms with Crippen LogP contribution < -0.4 is 16.0 Å². The monoisotopic (exact) mass is 429 g/mol. The summed E-state index contributed by atoms with van der Waals surface area (Å²) in [6.45, 7) is 1.87. The zero-order valence-corrected chi connectivity index (χ0v) is 16.7. The number of aromatic nitrogens is 2. The number of nitrogens with two attached hydrogens (primary N) is 1. The summed E-state index contributed by atoms with van der Waals surface area (Å²) in [7, 11) is 0. The van der Waals surface area contributed by atoms with Crippen LogP contribution in [0.4, 0.5) is 30.4 Å². The standard InChI is InChI=1S/C22H22F3N5O/c23-22(24,25)15-5-4-6-17(13-15)30-12-9-20(28-30)27-21(31)18-14-16(7-8-19(18)26)29-10-2-1-3-11-29/h4-9,12-14H,1-3,10-11,26H2,(H,27,28,31). The Labute approximate surface area is 177 Å². The number of rotatable bonds is 4. The molecule has 1 saturated heterocycles. The number of nitrogens with one attached hydrogen (secondary N) is 1. The van der Waals surface area contributed by atoms with E-state index in [0.29, 0.717) is 11.3 Å². The molecule has 1 fully saturated rings. The lowest BCUT2D eigenvalue weighted by molar-refractivity contribution is -0.137. The van der Waals surface area contributed by atoms with Gasteiger partial charge in [0.05, 0.1) is 16.8 Å². The Morgan fingerprint density at radius 1 is 1.00 bits per heavy atom. The van der Waals surface area contributed by atoms with Crippen LogP contribution in [0.5, 0.6) is 0 Å². The zero-order chi connectivity index (χ0) is 22.0. The van der Waals surface area contributed by atoms with Crippen molar-refractivity contribution in [2.24, 2.45) is 0 Å². The number of alkyl halides is 3. The first kappa shape index (κ1) is 20.8. The normalized spacial score (nSPS) is 14.5. The first-order chi connectivity index (χ1) is 14.8. The third-order valence-electron chi connectivity index (χ3n) is 5.27. The Morgan fingerprint density at radius 3 is 2.52 bits per heavy atom. The van der Waals surface area contributed by atoms with Gasteiger partial charge in [0, 0.05) is 36.7 Å². The first-order valence-corrected chi connectivity index (χ1v) is 10.0. The summed E-state index contributed by atoms with van der Waals surface area (Å²) in [5, 5.41) is 6.85. The minimum atomic E-state index is -4.45. The maximum atomic E-state index is 13.0. The number of hydrogen-bond donors (Lipinski definition) is 2. The molecule has 0 radical (unpaired) electrons. The summed E-state index contributed by atoms with van der Waals surface area (Å²) in [6.07, 6.45) is 0.459. The van der Waals surface area contributed by atoms with Crippen molar-refractivity contribution >= 4 is 23.1 Å². The minimum absolute atomic E-state index is 0.213. The molecule has 0 saturated carbocycles. The van der Waals surface area contributed by atoms with Crippen LogP contribution in [-0.4, -0.2) is 28.8 Å². The van der Waals surface area contributed by atoms with Crippen LogP contribution >= 0.6 is 0 Å². The third kappa shape index (κ3) is 4.65. The van der Waals surface area contributed by atoms with E-state index in [9.17, 15) is 18.0 Å². The Kier molecular flexibility index (Phi) is 5.58. The molecular formula is C22H22F3N5O. The number of carbonyl (C=O) groups is 1. The molecule has 6 nitrogen and oxygen atoms in total. The van der Waals surface area contributed by atoms with Gasteiger partial charge < -0.3 is 16.0 Å². The van der Waals surface area contributed by atoms with Crippen molar-refractivity contribution in [3.05, 3.63) is 65.9 Å². The molecule has 2 heterocycles. The average molecular weight is 429 g/mol. The Morgan fingerprint density at radius 2 is 1.77 bits per heavy atom. The molecule has 0 bridgehead atoms. The van der Waals surface area contributed by atoms with Gasteiger partial charge in [-0.3, -0.25) is 4.79 Å². The molecule has 1 aliphatic rings. The number of hydrogen-bond acceptors (Lipinski definition) is 4. The van der Waals surface area contributed by atoms with E-state index < -0.39 is 17.6 Å². The van der Waals surface area contributed by atoms with Crippen LogP contribution in [0.3, 0.4) is 0 Å². The van der Waals surface area contributed by atoms with Crippen LogP contribution in [0.25, 0.3) is 5.69 Å². The summed E-state index contributed by atoms with van der Waals surface area (Å²) >= 11 is 0. The van der Waals surface area contributed by atoms with Crippen molar-refractivity contribution in [2.75, 3.05) is 29.0 Å². The second-order valence-corrected chi connectivity index (χ2v) is 7.47. The SMILES string of the molecule is Nc1ccc(N2CCCCC2)cc1C(=O)Nc1ccn(-c2cccc(C(F)(F)F)c2)n1. The van der Waals surface area contributed by atoms with Crippen LogP contribution in [0, 0.1) is 0 Å². The zero-order valence-electron chi connectivity index (χ0n) is 16.7. The molecule has 1 aliphatic heterocycles. The molecule has 0 spiro atoms. The van der Waals surface area contributed by atoms with E-state index >= 15 is 0 Å². The first-order valence-electron chi connectivity index (χ1n) is 10.0. The van der Waals surface area contributed by atoms with E-state index in [-0.39, 0.29) is 11.5 Å². The molecule has 0 atom stereocenters. The van der Waals surface area contributed by atoms with Crippen molar-refractivity contribution in [3.8, 4) is 5.69 Å². The largest absolute Gasteiger partial charge is 0.416 e. The Hall–Kier alpha value is -3.49. The highest BCUT2D eigenvalue weighted by Crippen LogP contribution is 2.30. The second-order valence-electron chi connectivity index (χ2n) is 7.47. The summed E-state index contributed by atoms with van der Waals surface area (Å²) in [6, 6.07) is 11.7. The molecule has 0 unspecified atom stereocenters. The summed E-state index contributed by atoms with van der Waals surface area (Å²) < 4.78 is 40.1. The molecule has 31 heavy (non-hydrogen) atoms. The highest BCUT2D eigenvalue weighted by atomic mass is 19.4. The van der Waals surface area contributed by atoms with Crippen LogP contribution in [0.15, 0.2) is 54.7 Å². The van der Waals surface area contributed by atoms with Gasteiger partial charge in [0.2, 0.25) is 0 Å². The molecule has 9 heteroatoms. The lowest BCUT2D eigenvalue weighted by Crippen LogP contribution is -2.29. The van der Waals surface area contributed by atoms with Crippen molar-refractivity contribution in [2.45, 2.75) is 25.4 Å². The van der Waals surface area contributed by atoms with E-state index in [1.807, 2.05) is 6.07 Å². The fraction of sp³-hybridized carbons (Fsp3) is 0.273. The van der Waals surface area contributed by atoms with Crippen molar-refractivity contribution in [1.82, 2.24) is 9.78 Å². The molecule has 0 aliphatic carbocycles. The number of nitrogen functional groups attached to an aromatic ring is 1. The molecule has 3 aromatic rings. The van der Waals surface area contributed by atoms with Crippen LogP contribution in [0.2, 0.25) is 0 Å². The summed E-state index contributed by atoms with van der Waals surface area (Å²) in [5.74, 6) is -0.212. The lowest BCUT2D eigenvalue weighted by atomic mass is 10.1. The Balaban J connectivity index is 1.52. The maximum Gasteiger partial charge on any atom is 0.416 e. The Bertz CT molecular complexity index is 1090. The fourth-order valence-corrected chi connectivity index (χ4v) is 3.63. The third-order valence-corrected chi connectivity index (χ3v) is 5.27.